The number of nitrogens with one attached hydrogen (secondary N) is 1. The lowest BCUT2D eigenvalue weighted by Gasteiger charge is -2.25. The van der Waals surface area contributed by atoms with Crippen LogP contribution in [0.4, 0.5) is 5.95 Å². The summed E-state index contributed by atoms with van der Waals surface area (Å²) < 4.78 is 4.33. The fourth-order valence-electron chi connectivity index (χ4n) is 5.12. The third-order valence-corrected chi connectivity index (χ3v) is 6.99. The third-order valence-electron chi connectivity index (χ3n) is 6.99. The van der Waals surface area contributed by atoms with E-state index in [2.05, 4.69) is 16.3 Å². The molecule has 2 aliphatic rings. The van der Waals surface area contributed by atoms with E-state index in [0.29, 0.717) is 41.2 Å². The summed E-state index contributed by atoms with van der Waals surface area (Å²) in [7, 11) is 1.61. The van der Waals surface area contributed by atoms with Crippen molar-refractivity contribution in [2.45, 2.75) is 39.4 Å². The van der Waals surface area contributed by atoms with Crippen LogP contribution in [-0.2, 0) is 20.1 Å². The van der Waals surface area contributed by atoms with Gasteiger partial charge in [-0.1, -0.05) is 42.0 Å². The maximum absolute atomic E-state index is 13.7. The number of Topliss-reactive ketones (excluding diaryl/α,β-unsaturated/α-hetero) is 1. The first kappa shape index (κ1) is 24.9. The summed E-state index contributed by atoms with van der Waals surface area (Å²) in [6.45, 7) is 6.91. The predicted octanol–water partition coefficient (Wildman–Crippen LogP) is 1.97. The molecule has 0 saturated carbocycles. The van der Waals surface area contributed by atoms with E-state index in [-0.39, 0.29) is 24.7 Å². The molecular formula is C25H31ClN6O3. The molecule has 2 unspecified atom stereocenters. The van der Waals surface area contributed by atoms with E-state index in [4.69, 9.17) is 4.98 Å². The molecule has 0 spiro atoms. The monoisotopic (exact) mass is 498 g/mol. The van der Waals surface area contributed by atoms with Gasteiger partial charge >= 0.3 is 5.69 Å². The van der Waals surface area contributed by atoms with Crippen molar-refractivity contribution in [2.24, 2.45) is 13.0 Å². The van der Waals surface area contributed by atoms with Crippen molar-refractivity contribution in [1.82, 2.24) is 24.0 Å². The maximum atomic E-state index is 13.7. The zero-order valence-electron chi connectivity index (χ0n) is 20.2. The van der Waals surface area contributed by atoms with E-state index in [0.717, 1.165) is 36.2 Å². The Morgan fingerprint density at radius 1 is 1.14 bits per heavy atom. The molecule has 2 fully saturated rings. The summed E-state index contributed by atoms with van der Waals surface area (Å²) in [6.07, 6.45) is 3.12. The van der Waals surface area contributed by atoms with Crippen LogP contribution < -0.4 is 21.5 Å². The number of hydrogen-bond acceptors (Lipinski definition) is 6. The van der Waals surface area contributed by atoms with Gasteiger partial charge in [0.05, 0.1) is 6.54 Å². The molecule has 1 N–H and O–H groups in total. The molecule has 1 aromatic carbocycles. The third kappa shape index (κ3) is 4.34. The molecule has 0 aliphatic carbocycles. The van der Waals surface area contributed by atoms with Crippen LogP contribution in [0.15, 0.2) is 51.6 Å². The zero-order chi connectivity index (χ0) is 24.0. The first-order chi connectivity index (χ1) is 16.4. The van der Waals surface area contributed by atoms with Gasteiger partial charge in [0.2, 0.25) is 5.95 Å². The molecule has 2 aliphatic heterocycles. The van der Waals surface area contributed by atoms with Gasteiger partial charge in [0.1, 0.15) is 0 Å². The number of carbonyl (C=O) groups excluding carboxylic acids is 1. The topological polar surface area (TPSA) is 94.2 Å². The summed E-state index contributed by atoms with van der Waals surface area (Å²) in [5, 5.41) is 3.46. The Labute approximate surface area is 209 Å². The molecule has 2 atom stereocenters. The SMILES string of the molecule is CC(C)=CCn1c(N2CCC3CNCC32)nc2c1c(=O)n(CC(=O)c1ccccc1)c(=O)n2C.Cl. The Kier molecular flexibility index (Phi) is 7.00. The highest BCUT2D eigenvalue weighted by Crippen LogP contribution is 2.32. The summed E-state index contributed by atoms with van der Waals surface area (Å²) >= 11 is 0. The lowest BCUT2D eigenvalue weighted by molar-refractivity contribution is 0.0969. The standard InChI is InChI=1S/C25H30N6O3.ClH/c1-16(2)9-11-30-21-22(27-24(30)29-12-10-18-13-26-14-19(18)29)28(3)25(34)31(23(21)33)15-20(32)17-7-5-4-6-8-17;/h4-9,18-19,26H,10-15H2,1-3H3;1H. The number of carbonyl (C=O) groups is 1. The first-order valence-electron chi connectivity index (χ1n) is 11.8. The molecule has 2 saturated heterocycles. The van der Waals surface area contributed by atoms with Crippen molar-refractivity contribution in [3.63, 3.8) is 0 Å². The van der Waals surface area contributed by atoms with Crippen LogP contribution in [0.1, 0.15) is 30.6 Å². The number of benzene rings is 1. The van der Waals surface area contributed by atoms with E-state index in [1.165, 1.54) is 4.57 Å². The molecule has 0 bridgehead atoms. The number of aromatic nitrogens is 4. The summed E-state index contributed by atoms with van der Waals surface area (Å²) in [5.74, 6) is 0.984. The number of anilines is 1. The molecule has 10 heteroatoms. The Morgan fingerprint density at radius 3 is 2.60 bits per heavy atom. The highest BCUT2D eigenvalue weighted by Gasteiger charge is 2.40. The van der Waals surface area contributed by atoms with Gasteiger partial charge < -0.3 is 14.8 Å². The molecule has 0 amide bonds. The number of hydrogen-bond donors (Lipinski definition) is 1. The Balaban J connectivity index is 0.00000289. The normalized spacial score (nSPS) is 19.0. The number of aryl methyl sites for hydroxylation is 1. The molecule has 186 valence electrons. The summed E-state index contributed by atoms with van der Waals surface area (Å²) in [6, 6.07) is 9.04. The first-order valence-corrected chi connectivity index (χ1v) is 11.8. The second-order valence-electron chi connectivity index (χ2n) is 9.47. The van der Waals surface area contributed by atoms with E-state index < -0.39 is 11.2 Å². The number of rotatable bonds is 6. The summed E-state index contributed by atoms with van der Waals surface area (Å²) in [5.41, 5.74) is 1.27. The van der Waals surface area contributed by atoms with Crippen LogP contribution >= 0.6 is 12.4 Å². The number of halogens is 1. The van der Waals surface area contributed by atoms with Gasteiger partial charge in [-0.3, -0.25) is 18.7 Å². The number of fused-ring (bicyclic) bond motifs is 2. The van der Waals surface area contributed by atoms with Crippen molar-refractivity contribution in [3.8, 4) is 0 Å². The Morgan fingerprint density at radius 2 is 1.89 bits per heavy atom. The molecule has 0 radical (unpaired) electrons. The second-order valence-corrected chi connectivity index (χ2v) is 9.47. The number of ketones is 1. The minimum absolute atomic E-state index is 0. The van der Waals surface area contributed by atoms with E-state index in [1.807, 2.05) is 24.5 Å². The fraction of sp³-hybridized carbons (Fsp3) is 0.440. The van der Waals surface area contributed by atoms with Gasteiger partial charge in [0.15, 0.2) is 16.9 Å². The Bertz CT molecular complexity index is 1400. The van der Waals surface area contributed by atoms with Crippen LogP contribution in [-0.4, -0.2) is 50.1 Å². The van der Waals surface area contributed by atoms with Gasteiger partial charge in [-0.25, -0.2) is 4.79 Å². The number of imidazole rings is 1. The molecule has 5 rings (SSSR count). The van der Waals surface area contributed by atoms with E-state index in [9.17, 15) is 14.4 Å². The van der Waals surface area contributed by atoms with Crippen molar-refractivity contribution in [2.75, 3.05) is 24.5 Å². The highest BCUT2D eigenvalue weighted by molar-refractivity contribution is 5.96. The minimum atomic E-state index is -0.540. The van der Waals surface area contributed by atoms with E-state index in [1.54, 1.807) is 31.3 Å². The molecule has 2 aromatic heterocycles. The number of allylic oxidation sites excluding steroid dienone is 2. The van der Waals surface area contributed by atoms with Gasteiger partial charge in [0, 0.05) is 44.8 Å². The van der Waals surface area contributed by atoms with Crippen LogP contribution in [0.2, 0.25) is 0 Å². The van der Waals surface area contributed by atoms with Crippen molar-refractivity contribution < 1.29 is 4.79 Å². The smallest absolute Gasteiger partial charge is 0.332 e. The van der Waals surface area contributed by atoms with Gasteiger partial charge in [-0.05, 0) is 26.2 Å². The Hall–Kier alpha value is -3.17. The zero-order valence-corrected chi connectivity index (χ0v) is 21.0. The predicted molar refractivity (Wildman–Crippen MR) is 139 cm³/mol. The van der Waals surface area contributed by atoms with Crippen LogP contribution in [0.5, 0.6) is 0 Å². The largest absolute Gasteiger partial charge is 0.338 e. The number of nitrogens with zero attached hydrogens (tertiary/aromatic N) is 5. The molecule has 3 aromatic rings. The van der Waals surface area contributed by atoms with Crippen LogP contribution in [0.25, 0.3) is 11.2 Å². The van der Waals surface area contributed by atoms with Crippen molar-refractivity contribution >= 4 is 35.3 Å². The van der Waals surface area contributed by atoms with Gasteiger partial charge in [0.25, 0.3) is 5.56 Å². The van der Waals surface area contributed by atoms with Crippen molar-refractivity contribution in [1.29, 1.82) is 0 Å². The molecule has 4 heterocycles. The lowest BCUT2D eigenvalue weighted by Crippen LogP contribution is -2.41. The van der Waals surface area contributed by atoms with Crippen molar-refractivity contribution in [3.05, 3.63) is 68.4 Å². The second kappa shape index (κ2) is 9.83. The average Bonchev–Trinajstić information content (AvgIpc) is 3.54. The van der Waals surface area contributed by atoms with Gasteiger partial charge in [-0.15, -0.1) is 12.4 Å². The van der Waals surface area contributed by atoms with Crippen LogP contribution in [0, 0.1) is 5.92 Å². The molecule has 35 heavy (non-hydrogen) atoms. The highest BCUT2D eigenvalue weighted by atomic mass is 35.5. The quantitative estimate of drug-likeness (QED) is 0.412. The maximum Gasteiger partial charge on any atom is 0.332 e. The fourth-order valence-corrected chi connectivity index (χ4v) is 5.12. The minimum Gasteiger partial charge on any atom is -0.338 e. The molecule has 9 nitrogen and oxygen atoms in total. The average molecular weight is 499 g/mol. The van der Waals surface area contributed by atoms with Crippen LogP contribution in [0.3, 0.4) is 0 Å². The van der Waals surface area contributed by atoms with E-state index >= 15 is 0 Å². The summed E-state index contributed by atoms with van der Waals surface area (Å²) in [4.78, 5) is 46.8. The lowest BCUT2D eigenvalue weighted by atomic mass is 10.1. The molecular weight excluding hydrogens is 468 g/mol. The van der Waals surface area contributed by atoms with Gasteiger partial charge in [-0.2, -0.15) is 4.98 Å².